The van der Waals surface area contributed by atoms with Gasteiger partial charge in [-0.15, -0.1) is 11.8 Å². The van der Waals surface area contributed by atoms with Crippen molar-refractivity contribution in [1.29, 1.82) is 0 Å². The van der Waals surface area contributed by atoms with Gasteiger partial charge in [0.2, 0.25) is 11.8 Å². The Morgan fingerprint density at radius 1 is 0.833 bits per heavy atom. The lowest BCUT2D eigenvalue weighted by Crippen LogP contribution is -2.32. The van der Waals surface area contributed by atoms with E-state index in [1.807, 2.05) is 79.7 Å². The molecule has 1 heterocycles. The van der Waals surface area contributed by atoms with Gasteiger partial charge in [0.1, 0.15) is 11.5 Å². The number of aryl methyl sites for hydroxylation is 1. The molecule has 0 saturated heterocycles. The highest BCUT2D eigenvalue weighted by molar-refractivity contribution is 8.00. The first-order valence-electron chi connectivity index (χ1n) is 9.69. The van der Waals surface area contributed by atoms with E-state index in [0.29, 0.717) is 0 Å². The van der Waals surface area contributed by atoms with Crippen LogP contribution in [-0.2, 0) is 9.59 Å². The predicted molar refractivity (Wildman–Crippen MR) is 120 cm³/mol. The number of para-hydroxylation sites is 2. The lowest BCUT2D eigenvalue weighted by atomic mass is 9.94. The smallest absolute Gasteiger partial charge is 0.234 e. The first-order valence-corrected chi connectivity index (χ1v) is 10.8. The molecule has 2 amide bonds. The van der Waals surface area contributed by atoms with E-state index in [2.05, 4.69) is 10.6 Å². The van der Waals surface area contributed by atoms with Gasteiger partial charge in [0, 0.05) is 16.8 Å². The van der Waals surface area contributed by atoms with Crippen molar-refractivity contribution in [3.8, 4) is 11.5 Å². The molecular weight excluding hydrogens is 396 g/mol. The average molecular weight is 419 g/mol. The molecule has 3 aromatic rings. The number of amides is 2. The van der Waals surface area contributed by atoms with Gasteiger partial charge in [0.15, 0.2) is 0 Å². The first-order chi connectivity index (χ1) is 14.6. The Kier molecular flexibility index (Phi) is 6.05. The average Bonchev–Trinajstić information content (AvgIpc) is 2.75. The zero-order chi connectivity index (χ0) is 20.9. The standard InChI is InChI=1S/C24H22N2O3S/c1-16-10-12-17(13-11-16)25-22(27)14-30-15-23(28)26-24-18-6-2-4-8-20(18)29-21-9-5-3-7-19(21)24/h2-13,24H,14-15H2,1H3,(H,25,27)(H,26,28). The Hall–Kier alpha value is -3.25. The lowest BCUT2D eigenvalue weighted by molar-refractivity contribution is -0.119. The number of nitrogens with one attached hydrogen (secondary N) is 2. The molecule has 30 heavy (non-hydrogen) atoms. The van der Waals surface area contributed by atoms with Crippen LogP contribution in [0.25, 0.3) is 0 Å². The van der Waals surface area contributed by atoms with E-state index in [9.17, 15) is 9.59 Å². The lowest BCUT2D eigenvalue weighted by Gasteiger charge is -2.28. The van der Waals surface area contributed by atoms with E-state index < -0.39 is 0 Å². The Morgan fingerprint density at radius 3 is 2.03 bits per heavy atom. The topological polar surface area (TPSA) is 67.4 Å². The molecular formula is C24H22N2O3S. The third-order valence-electron chi connectivity index (χ3n) is 4.79. The van der Waals surface area contributed by atoms with Crippen molar-refractivity contribution in [1.82, 2.24) is 5.32 Å². The molecule has 0 unspecified atom stereocenters. The van der Waals surface area contributed by atoms with Crippen LogP contribution in [0.1, 0.15) is 22.7 Å². The van der Waals surface area contributed by atoms with Crippen LogP contribution in [0.15, 0.2) is 72.8 Å². The van der Waals surface area contributed by atoms with E-state index >= 15 is 0 Å². The van der Waals surface area contributed by atoms with Gasteiger partial charge in [-0.25, -0.2) is 0 Å². The van der Waals surface area contributed by atoms with E-state index in [-0.39, 0.29) is 29.4 Å². The second-order valence-corrected chi connectivity index (χ2v) is 8.07. The molecule has 0 bridgehead atoms. The molecule has 1 aliphatic heterocycles. The third kappa shape index (κ3) is 4.66. The normalized spacial score (nSPS) is 12.3. The van der Waals surface area contributed by atoms with Gasteiger partial charge < -0.3 is 15.4 Å². The van der Waals surface area contributed by atoms with Crippen molar-refractivity contribution in [2.45, 2.75) is 13.0 Å². The number of carbonyl (C=O) groups is 2. The number of fused-ring (bicyclic) bond motifs is 2. The monoisotopic (exact) mass is 418 g/mol. The number of hydrogen-bond donors (Lipinski definition) is 2. The summed E-state index contributed by atoms with van der Waals surface area (Å²) in [6, 6.07) is 22.7. The third-order valence-corrected chi connectivity index (χ3v) is 5.72. The van der Waals surface area contributed by atoms with Crippen molar-refractivity contribution in [3.63, 3.8) is 0 Å². The summed E-state index contributed by atoms with van der Waals surface area (Å²) < 4.78 is 5.96. The Balaban J connectivity index is 1.34. The second kappa shape index (κ2) is 9.05. The molecule has 0 saturated carbocycles. The van der Waals surface area contributed by atoms with Crippen LogP contribution in [0.4, 0.5) is 5.69 Å². The van der Waals surface area contributed by atoms with E-state index in [1.54, 1.807) is 0 Å². The van der Waals surface area contributed by atoms with Gasteiger partial charge >= 0.3 is 0 Å². The zero-order valence-electron chi connectivity index (χ0n) is 16.6. The molecule has 0 atom stereocenters. The van der Waals surface area contributed by atoms with Crippen LogP contribution in [0.2, 0.25) is 0 Å². The number of rotatable bonds is 6. The summed E-state index contributed by atoms with van der Waals surface area (Å²) in [7, 11) is 0. The van der Waals surface area contributed by atoms with Crippen LogP contribution >= 0.6 is 11.8 Å². The van der Waals surface area contributed by atoms with Crippen molar-refractivity contribution in [3.05, 3.63) is 89.5 Å². The van der Waals surface area contributed by atoms with Gasteiger partial charge in [-0.05, 0) is 31.2 Å². The predicted octanol–water partition coefficient (Wildman–Crippen LogP) is 4.68. The Bertz CT molecular complexity index is 1020. The van der Waals surface area contributed by atoms with Crippen LogP contribution < -0.4 is 15.4 Å². The number of thioether (sulfide) groups is 1. The molecule has 0 fully saturated rings. The SMILES string of the molecule is Cc1ccc(NC(=O)CSCC(=O)NC2c3ccccc3Oc3ccccc32)cc1. The molecule has 5 nitrogen and oxygen atoms in total. The van der Waals surface area contributed by atoms with Gasteiger partial charge in [-0.3, -0.25) is 9.59 Å². The van der Waals surface area contributed by atoms with Gasteiger partial charge in [0.25, 0.3) is 0 Å². The summed E-state index contributed by atoms with van der Waals surface area (Å²) in [5, 5.41) is 5.93. The number of ether oxygens (including phenoxy) is 1. The van der Waals surface area contributed by atoms with Crippen molar-refractivity contribution in [2.75, 3.05) is 16.8 Å². The maximum absolute atomic E-state index is 12.6. The molecule has 2 N–H and O–H groups in total. The Labute approximate surface area is 179 Å². The number of hydrogen-bond acceptors (Lipinski definition) is 4. The molecule has 0 spiro atoms. The fourth-order valence-corrected chi connectivity index (χ4v) is 3.97. The van der Waals surface area contributed by atoms with Gasteiger partial charge in [-0.1, -0.05) is 54.1 Å². The van der Waals surface area contributed by atoms with E-state index in [4.69, 9.17) is 4.74 Å². The summed E-state index contributed by atoms with van der Waals surface area (Å²) in [5.74, 6) is 1.64. The van der Waals surface area contributed by atoms with Crippen LogP contribution in [0, 0.1) is 6.92 Å². The van der Waals surface area contributed by atoms with Crippen molar-refractivity contribution < 1.29 is 14.3 Å². The molecule has 4 rings (SSSR count). The minimum absolute atomic E-state index is 0.125. The zero-order valence-corrected chi connectivity index (χ0v) is 17.4. The molecule has 3 aromatic carbocycles. The van der Waals surface area contributed by atoms with Crippen LogP contribution in [0.5, 0.6) is 11.5 Å². The summed E-state index contributed by atoms with van der Waals surface area (Å²) in [4.78, 5) is 24.7. The van der Waals surface area contributed by atoms with Gasteiger partial charge in [0.05, 0.1) is 17.5 Å². The summed E-state index contributed by atoms with van der Waals surface area (Å²) >= 11 is 1.29. The summed E-state index contributed by atoms with van der Waals surface area (Å²) in [6.07, 6.45) is 0. The van der Waals surface area contributed by atoms with E-state index in [0.717, 1.165) is 33.9 Å². The van der Waals surface area contributed by atoms with Crippen LogP contribution in [-0.4, -0.2) is 23.3 Å². The highest BCUT2D eigenvalue weighted by atomic mass is 32.2. The Morgan fingerprint density at radius 2 is 1.40 bits per heavy atom. The second-order valence-electron chi connectivity index (χ2n) is 7.09. The number of anilines is 1. The number of carbonyl (C=O) groups excluding carboxylic acids is 2. The van der Waals surface area contributed by atoms with Crippen molar-refractivity contribution in [2.24, 2.45) is 0 Å². The van der Waals surface area contributed by atoms with Crippen molar-refractivity contribution >= 4 is 29.3 Å². The van der Waals surface area contributed by atoms with E-state index in [1.165, 1.54) is 11.8 Å². The molecule has 0 aliphatic carbocycles. The maximum Gasteiger partial charge on any atom is 0.234 e. The fourth-order valence-electron chi connectivity index (χ4n) is 3.34. The molecule has 1 aliphatic rings. The largest absolute Gasteiger partial charge is 0.457 e. The number of benzene rings is 3. The quantitative estimate of drug-likeness (QED) is 0.610. The summed E-state index contributed by atoms with van der Waals surface area (Å²) in [5.41, 5.74) is 3.74. The molecule has 0 radical (unpaired) electrons. The fraction of sp³-hybridized carbons (Fsp3) is 0.167. The van der Waals surface area contributed by atoms with Crippen LogP contribution in [0.3, 0.4) is 0 Å². The minimum atomic E-state index is -0.277. The highest BCUT2D eigenvalue weighted by Gasteiger charge is 2.27. The molecule has 152 valence electrons. The molecule has 0 aromatic heterocycles. The highest BCUT2D eigenvalue weighted by Crippen LogP contribution is 2.42. The summed E-state index contributed by atoms with van der Waals surface area (Å²) in [6.45, 7) is 2.00. The maximum atomic E-state index is 12.6. The minimum Gasteiger partial charge on any atom is -0.457 e. The van der Waals surface area contributed by atoms with Gasteiger partial charge in [-0.2, -0.15) is 0 Å². The first kappa shape index (κ1) is 20.0. The molecule has 6 heteroatoms.